The molecule has 0 aliphatic carbocycles. The first-order chi connectivity index (χ1) is 9.68. The first-order valence-corrected chi connectivity index (χ1v) is 8.20. The minimum absolute atomic E-state index is 0.165. The van der Waals surface area contributed by atoms with Crippen LogP contribution < -0.4 is 4.74 Å². The summed E-state index contributed by atoms with van der Waals surface area (Å²) in [6.45, 7) is 7.35. The zero-order valence-electron chi connectivity index (χ0n) is 12.5. The molecule has 21 heavy (non-hydrogen) atoms. The summed E-state index contributed by atoms with van der Waals surface area (Å²) in [5.74, 6) is 0.373. The van der Waals surface area contributed by atoms with Crippen LogP contribution in [0.5, 0.6) is 5.75 Å². The van der Waals surface area contributed by atoms with Gasteiger partial charge < -0.3 is 9.84 Å². The van der Waals surface area contributed by atoms with Crippen LogP contribution in [0.15, 0.2) is 22.0 Å². The van der Waals surface area contributed by atoms with E-state index in [1.54, 1.807) is 19.9 Å². The smallest absolute Gasteiger partial charge is 0.145 e. The van der Waals surface area contributed by atoms with E-state index in [1.165, 1.54) is 17.4 Å². The van der Waals surface area contributed by atoms with Crippen LogP contribution in [0.25, 0.3) is 0 Å². The van der Waals surface area contributed by atoms with Gasteiger partial charge in [-0.05, 0) is 66.9 Å². The van der Waals surface area contributed by atoms with Crippen molar-refractivity contribution in [2.45, 2.75) is 39.9 Å². The lowest BCUT2D eigenvalue weighted by molar-refractivity contribution is 0.0823. The number of thiophene rings is 1. The van der Waals surface area contributed by atoms with Crippen LogP contribution in [0.1, 0.15) is 35.4 Å². The van der Waals surface area contributed by atoms with Gasteiger partial charge in [-0.25, -0.2) is 4.39 Å². The SMILES string of the molecule is Cc1cc(C)c(COc2cc(C(C)(C)O)sc2Br)c(F)c1. The third-order valence-electron chi connectivity index (χ3n) is 3.19. The molecule has 0 fully saturated rings. The van der Waals surface area contributed by atoms with Crippen LogP contribution in [-0.4, -0.2) is 5.11 Å². The third-order valence-corrected chi connectivity index (χ3v) is 5.29. The van der Waals surface area contributed by atoms with Crippen LogP contribution in [0.3, 0.4) is 0 Å². The lowest BCUT2D eigenvalue weighted by atomic mass is 10.1. The Bertz CT molecular complexity index is 636. The molecule has 0 aliphatic heterocycles. The molecule has 2 rings (SSSR count). The molecule has 0 unspecified atom stereocenters. The normalized spacial score (nSPS) is 11.8. The van der Waals surface area contributed by atoms with Gasteiger partial charge >= 0.3 is 0 Å². The summed E-state index contributed by atoms with van der Waals surface area (Å²) in [6, 6.07) is 5.24. The Morgan fingerprint density at radius 1 is 1.29 bits per heavy atom. The van der Waals surface area contributed by atoms with Gasteiger partial charge in [0, 0.05) is 10.4 Å². The van der Waals surface area contributed by atoms with Gasteiger partial charge in [-0.3, -0.25) is 0 Å². The zero-order chi connectivity index (χ0) is 15.8. The summed E-state index contributed by atoms with van der Waals surface area (Å²) in [4.78, 5) is 0.797. The number of aliphatic hydroxyl groups is 1. The number of hydrogen-bond acceptors (Lipinski definition) is 3. The molecule has 0 saturated heterocycles. The Morgan fingerprint density at radius 3 is 2.48 bits per heavy atom. The second kappa shape index (κ2) is 6.07. The van der Waals surface area contributed by atoms with E-state index in [0.717, 1.165) is 19.8 Å². The maximum atomic E-state index is 14.0. The molecule has 1 aromatic heterocycles. The molecule has 0 saturated carbocycles. The molecule has 2 nitrogen and oxygen atoms in total. The second-order valence-electron chi connectivity index (χ2n) is 5.64. The number of hydrogen-bond donors (Lipinski definition) is 1. The van der Waals surface area contributed by atoms with E-state index in [-0.39, 0.29) is 12.4 Å². The summed E-state index contributed by atoms with van der Waals surface area (Å²) in [5.41, 5.74) is 1.42. The molecular weight excluding hydrogens is 355 g/mol. The highest BCUT2D eigenvalue weighted by Gasteiger charge is 2.21. The zero-order valence-corrected chi connectivity index (χ0v) is 14.9. The molecule has 5 heteroatoms. The van der Waals surface area contributed by atoms with Crippen molar-refractivity contribution in [3.05, 3.63) is 49.4 Å². The van der Waals surface area contributed by atoms with Crippen molar-refractivity contribution in [2.75, 3.05) is 0 Å². The van der Waals surface area contributed by atoms with Gasteiger partial charge in [0.1, 0.15) is 22.0 Å². The van der Waals surface area contributed by atoms with Gasteiger partial charge in [0.15, 0.2) is 0 Å². The van der Waals surface area contributed by atoms with Crippen molar-refractivity contribution < 1.29 is 14.2 Å². The number of ether oxygens (including phenoxy) is 1. The third kappa shape index (κ3) is 3.84. The van der Waals surface area contributed by atoms with Gasteiger partial charge in [-0.1, -0.05) is 6.07 Å². The van der Waals surface area contributed by atoms with Crippen molar-refractivity contribution in [1.82, 2.24) is 0 Å². The van der Waals surface area contributed by atoms with Crippen LogP contribution >= 0.6 is 27.3 Å². The fourth-order valence-corrected chi connectivity index (χ4v) is 3.61. The predicted molar refractivity (Wildman–Crippen MR) is 87.5 cm³/mol. The van der Waals surface area contributed by atoms with E-state index in [4.69, 9.17) is 4.74 Å². The van der Waals surface area contributed by atoms with Gasteiger partial charge in [0.05, 0.1) is 5.60 Å². The van der Waals surface area contributed by atoms with E-state index >= 15 is 0 Å². The molecule has 0 aliphatic rings. The number of aryl methyl sites for hydroxylation is 2. The predicted octanol–water partition coefficient (Wildman–Crippen LogP) is 5.07. The monoisotopic (exact) mass is 372 g/mol. The van der Waals surface area contributed by atoms with Crippen LogP contribution in [0.2, 0.25) is 0 Å². The molecule has 2 aromatic rings. The Kier molecular flexibility index (Phi) is 4.76. The quantitative estimate of drug-likeness (QED) is 0.811. The highest BCUT2D eigenvalue weighted by Crippen LogP contribution is 2.39. The minimum atomic E-state index is -0.917. The average molecular weight is 373 g/mol. The summed E-state index contributed by atoms with van der Waals surface area (Å²) < 4.78 is 20.5. The van der Waals surface area contributed by atoms with Crippen molar-refractivity contribution in [2.24, 2.45) is 0 Å². The molecule has 1 heterocycles. The topological polar surface area (TPSA) is 29.5 Å². The lowest BCUT2D eigenvalue weighted by Crippen LogP contribution is -2.12. The Morgan fingerprint density at radius 2 is 1.95 bits per heavy atom. The van der Waals surface area contributed by atoms with E-state index in [9.17, 15) is 9.50 Å². The van der Waals surface area contributed by atoms with E-state index in [0.29, 0.717) is 11.3 Å². The average Bonchev–Trinajstić information content (AvgIpc) is 2.69. The Balaban J connectivity index is 2.20. The molecule has 0 bridgehead atoms. The fourth-order valence-electron chi connectivity index (χ4n) is 2.03. The maximum absolute atomic E-state index is 14.0. The lowest BCUT2D eigenvalue weighted by Gasteiger charge is -2.14. The second-order valence-corrected chi connectivity index (χ2v) is 8.01. The molecule has 1 N–H and O–H groups in total. The number of benzene rings is 1. The largest absolute Gasteiger partial charge is 0.487 e. The highest BCUT2D eigenvalue weighted by molar-refractivity contribution is 9.11. The van der Waals surface area contributed by atoms with E-state index < -0.39 is 5.60 Å². The van der Waals surface area contributed by atoms with Gasteiger partial charge in [0.25, 0.3) is 0 Å². The van der Waals surface area contributed by atoms with Crippen LogP contribution in [0, 0.1) is 19.7 Å². The molecular formula is C16H18BrFO2S. The summed E-state index contributed by atoms with van der Waals surface area (Å²) in [5, 5.41) is 10.0. The van der Waals surface area contributed by atoms with E-state index in [2.05, 4.69) is 15.9 Å². The summed E-state index contributed by atoms with van der Waals surface area (Å²) in [7, 11) is 0. The molecule has 0 amide bonds. The van der Waals surface area contributed by atoms with Gasteiger partial charge in [0.2, 0.25) is 0 Å². The van der Waals surface area contributed by atoms with Gasteiger partial charge in [-0.2, -0.15) is 0 Å². The molecule has 0 atom stereocenters. The molecule has 0 spiro atoms. The number of rotatable bonds is 4. The molecule has 1 aromatic carbocycles. The van der Waals surface area contributed by atoms with Crippen LogP contribution in [0.4, 0.5) is 4.39 Å². The van der Waals surface area contributed by atoms with E-state index in [1.807, 2.05) is 19.9 Å². The first kappa shape index (κ1) is 16.5. The summed E-state index contributed by atoms with van der Waals surface area (Å²) in [6.07, 6.45) is 0. The summed E-state index contributed by atoms with van der Waals surface area (Å²) >= 11 is 4.84. The van der Waals surface area contributed by atoms with Crippen molar-refractivity contribution in [3.63, 3.8) is 0 Å². The Labute approximate surface area is 136 Å². The highest BCUT2D eigenvalue weighted by atomic mass is 79.9. The van der Waals surface area contributed by atoms with Crippen molar-refractivity contribution in [1.29, 1.82) is 0 Å². The van der Waals surface area contributed by atoms with Crippen molar-refractivity contribution in [3.8, 4) is 5.75 Å². The minimum Gasteiger partial charge on any atom is -0.487 e. The van der Waals surface area contributed by atoms with Crippen molar-refractivity contribution >= 4 is 27.3 Å². The molecule has 114 valence electrons. The standard InChI is InChI=1S/C16H18BrFO2S/c1-9-5-10(2)11(12(18)6-9)8-20-13-7-14(16(3,4)19)21-15(13)17/h5-7,19H,8H2,1-4H3. The molecule has 0 radical (unpaired) electrons. The Hall–Kier alpha value is -0.910. The number of halogens is 2. The first-order valence-electron chi connectivity index (χ1n) is 6.59. The van der Waals surface area contributed by atoms with Crippen LogP contribution in [-0.2, 0) is 12.2 Å². The fraction of sp³-hybridized carbons (Fsp3) is 0.375. The maximum Gasteiger partial charge on any atom is 0.145 e. The van der Waals surface area contributed by atoms with Gasteiger partial charge in [-0.15, -0.1) is 11.3 Å².